The lowest BCUT2D eigenvalue weighted by atomic mass is 10.1. The van der Waals surface area contributed by atoms with Crippen LogP contribution >= 0.6 is 0 Å². The first-order valence-electron chi connectivity index (χ1n) is 17.4. The largest absolute Gasteiger partial charge is 0.513 e. The second kappa shape index (κ2) is 20.7. The van der Waals surface area contributed by atoms with E-state index in [2.05, 4.69) is 17.9 Å². The highest BCUT2D eigenvalue weighted by molar-refractivity contribution is 5.92. The van der Waals surface area contributed by atoms with Crippen LogP contribution < -0.4 is 14.2 Å². The molecule has 0 saturated carbocycles. The number of carbonyl (C=O) groups is 7. The fourth-order valence-corrected chi connectivity index (χ4v) is 5.28. The molecule has 2 fully saturated rings. The Labute approximate surface area is 330 Å². The molecule has 0 spiro atoms. The van der Waals surface area contributed by atoms with Gasteiger partial charge in [0.05, 0.1) is 30.8 Å². The zero-order valence-electron chi connectivity index (χ0n) is 30.6. The average molecular weight is 805 g/mol. The van der Waals surface area contributed by atoms with Crippen molar-refractivity contribution in [3.63, 3.8) is 0 Å². The fraction of sp³-hybridized carbons (Fsp3) is 0.275. The molecule has 0 aromatic heterocycles. The summed E-state index contributed by atoms with van der Waals surface area (Å²) in [7, 11) is 0. The minimum absolute atomic E-state index is 0.00687. The Morgan fingerprint density at radius 1 is 0.534 bits per heavy atom. The summed E-state index contributed by atoms with van der Waals surface area (Å²) in [5.41, 5.74) is 0.876. The van der Waals surface area contributed by atoms with Crippen LogP contribution in [0.25, 0.3) is 0 Å². The van der Waals surface area contributed by atoms with Crippen LogP contribution in [-0.4, -0.2) is 106 Å². The van der Waals surface area contributed by atoms with Crippen molar-refractivity contribution in [1.29, 1.82) is 0 Å². The maximum atomic E-state index is 13.0. The molecule has 5 rings (SSSR count). The zero-order chi connectivity index (χ0) is 41.4. The third kappa shape index (κ3) is 12.5. The van der Waals surface area contributed by atoms with Gasteiger partial charge in [0.1, 0.15) is 55.9 Å². The van der Waals surface area contributed by atoms with Gasteiger partial charge in [-0.3, -0.25) is 4.79 Å². The maximum Gasteiger partial charge on any atom is 0.513 e. The minimum Gasteiger partial charge on any atom is -0.459 e. The van der Waals surface area contributed by atoms with Crippen LogP contribution in [-0.2, 0) is 58.7 Å². The number of benzene rings is 3. The summed E-state index contributed by atoms with van der Waals surface area (Å²) in [6.07, 6.45) is -3.06. The van der Waals surface area contributed by atoms with Crippen molar-refractivity contribution < 1.29 is 85.7 Å². The molecule has 2 saturated heterocycles. The summed E-state index contributed by atoms with van der Waals surface area (Å²) < 4.78 is 57.2. The van der Waals surface area contributed by atoms with Crippen molar-refractivity contribution in [2.24, 2.45) is 0 Å². The molecule has 18 heteroatoms. The number of ether oxygens (including phenoxy) is 11. The first-order chi connectivity index (χ1) is 28.0. The second-order valence-electron chi connectivity index (χ2n) is 12.0. The number of hydrogen-bond acceptors (Lipinski definition) is 18. The van der Waals surface area contributed by atoms with Crippen LogP contribution in [0.5, 0.6) is 17.2 Å². The molecule has 3 aromatic rings. The van der Waals surface area contributed by atoms with E-state index in [1.165, 1.54) is 60.7 Å². The summed E-state index contributed by atoms with van der Waals surface area (Å²) in [5.74, 6) is -2.88. The Morgan fingerprint density at radius 2 is 0.948 bits per heavy atom. The van der Waals surface area contributed by atoms with Crippen LogP contribution in [0, 0.1) is 0 Å². The van der Waals surface area contributed by atoms with E-state index in [1.807, 2.05) is 0 Å². The second-order valence-corrected chi connectivity index (χ2v) is 12.0. The van der Waals surface area contributed by atoms with E-state index in [0.29, 0.717) is 5.56 Å². The van der Waals surface area contributed by atoms with Crippen LogP contribution in [0.2, 0.25) is 0 Å². The zero-order valence-corrected chi connectivity index (χ0v) is 30.6. The molecule has 0 N–H and O–H groups in total. The van der Waals surface area contributed by atoms with Gasteiger partial charge in [-0.2, -0.15) is 0 Å². The molecule has 2 aliphatic heterocycles. The highest BCUT2D eigenvalue weighted by Gasteiger charge is 2.51. The predicted molar refractivity (Wildman–Crippen MR) is 193 cm³/mol. The van der Waals surface area contributed by atoms with Crippen molar-refractivity contribution >= 4 is 42.2 Å². The van der Waals surface area contributed by atoms with Gasteiger partial charge in [-0.15, -0.1) is 0 Å². The van der Waals surface area contributed by atoms with Gasteiger partial charge < -0.3 is 52.1 Å². The van der Waals surface area contributed by atoms with Crippen LogP contribution in [0.1, 0.15) is 26.3 Å². The molecule has 1 unspecified atom stereocenters. The van der Waals surface area contributed by atoms with Crippen LogP contribution in [0.15, 0.2) is 98.1 Å². The summed E-state index contributed by atoms with van der Waals surface area (Å²) in [6, 6.07) is 17.2. The summed E-state index contributed by atoms with van der Waals surface area (Å²) in [4.78, 5) is 83.9. The highest BCUT2D eigenvalue weighted by atomic mass is 16.7. The number of fused-ring (bicyclic) bond motifs is 1. The van der Waals surface area contributed by atoms with Gasteiger partial charge in [-0.25, -0.2) is 28.8 Å². The molecule has 0 amide bonds. The molecule has 0 radical (unpaired) electrons. The predicted octanol–water partition coefficient (Wildman–Crippen LogP) is 3.87. The normalized spacial score (nSPS) is 17.7. The topological polar surface area (TPSA) is 221 Å². The van der Waals surface area contributed by atoms with Gasteiger partial charge in [0.15, 0.2) is 12.2 Å². The van der Waals surface area contributed by atoms with Gasteiger partial charge in [0.25, 0.3) is 0 Å². The Morgan fingerprint density at radius 3 is 1.43 bits per heavy atom. The number of hydrogen-bond donors (Lipinski definition) is 0. The molecule has 0 aliphatic carbocycles. The molecular formula is C40H36O18. The molecular weight excluding hydrogens is 768 g/mol. The minimum atomic E-state index is -1.04. The van der Waals surface area contributed by atoms with Crippen molar-refractivity contribution in [3.8, 4) is 17.2 Å². The molecule has 2 aliphatic rings. The fourth-order valence-electron chi connectivity index (χ4n) is 5.28. The summed E-state index contributed by atoms with van der Waals surface area (Å²) in [5, 5.41) is 0. The van der Waals surface area contributed by atoms with Crippen molar-refractivity contribution in [2.45, 2.75) is 30.8 Å². The number of esters is 5. The van der Waals surface area contributed by atoms with E-state index in [0.717, 1.165) is 12.2 Å². The Hall–Kier alpha value is -7.05. The van der Waals surface area contributed by atoms with Crippen molar-refractivity contribution in [2.75, 3.05) is 39.6 Å². The van der Waals surface area contributed by atoms with E-state index in [4.69, 9.17) is 47.4 Å². The molecule has 304 valence electrons. The number of carbonyl (C=O) groups excluding carboxylic acids is 7. The number of rotatable bonds is 17. The van der Waals surface area contributed by atoms with Gasteiger partial charge in [0, 0.05) is 12.2 Å². The third-order valence-electron chi connectivity index (χ3n) is 8.00. The van der Waals surface area contributed by atoms with Gasteiger partial charge in [-0.1, -0.05) is 25.3 Å². The molecule has 58 heavy (non-hydrogen) atoms. The van der Waals surface area contributed by atoms with E-state index in [1.54, 1.807) is 12.1 Å². The molecule has 4 atom stereocenters. The van der Waals surface area contributed by atoms with E-state index in [9.17, 15) is 33.6 Å². The lowest BCUT2D eigenvalue weighted by Crippen LogP contribution is -2.36. The van der Waals surface area contributed by atoms with Gasteiger partial charge in [-0.05, 0) is 66.2 Å². The Kier molecular flexibility index (Phi) is 15.1. The van der Waals surface area contributed by atoms with Gasteiger partial charge >= 0.3 is 42.2 Å². The molecule has 0 bridgehead atoms. The monoisotopic (exact) mass is 804 g/mol. The first-order valence-corrected chi connectivity index (χ1v) is 17.4. The lowest BCUT2D eigenvalue weighted by Gasteiger charge is -2.17. The molecule has 2 heterocycles. The molecule has 3 aromatic carbocycles. The Balaban J connectivity index is 1.01. The first kappa shape index (κ1) is 42.1. The standard InChI is InChI=1S/C40H36O18/c1-3-32(41)48-17-19-50-39(46)55-28-11-5-24(6-12-28)21-34(43)57-30-22-52-36-31(23-53-35(30)36)58-38(45)26-7-13-27(14-8-26)54-37(44)25-9-15-29(16-10-25)56-40(47)51-20-18-49-33(42)4-2/h3-16,30-31,35-36H,1-2,17-23H2/t30?,31-,35+,36+/m1/s1. The smallest absolute Gasteiger partial charge is 0.459 e. The Bertz CT molecular complexity index is 1970. The summed E-state index contributed by atoms with van der Waals surface area (Å²) in [6.45, 7) is 5.76. The van der Waals surface area contributed by atoms with Crippen LogP contribution in [0.4, 0.5) is 9.59 Å². The van der Waals surface area contributed by atoms with Crippen LogP contribution in [0.3, 0.4) is 0 Å². The maximum absolute atomic E-state index is 13.0. The van der Waals surface area contributed by atoms with E-state index < -0.39 is 66.6 Å². The van der Waals surface area contributed by atoms with Crippen molar-refractivity contribution in [1.82, 2.24) is 0 Å². The van der Waals surface area contributed by atoms with E-state index >= 15 is 0 Å². The van der Waals surface area contributed by atoms with E-state index in [-0.39, 0.29) is 74.4 Å². The van der Waals surface area contributed by atoms with Gasteiger partial charge in [0.2, 0.25) is 0 Å². The average Bonchev–Trinajstić information content (AvgIpc) is 3.81. The lowest BCUT2D eigenvalue weighted by molar-refractivity contribution is -0.153. The third-order valence-corrected chi connectivity index (χ3v) is 8.00. The molecule has 18 nitrogen and oxygen atoms in total. The van der Waals surface area contributed by atoms with Crippen molar-refractivity contribution in [3.05, 3.63) is 115 Å². The SMILES string of the molecule is C=CC(=O)OCCOC(=O)Oc1ccc(CC(=O)OC2CO[C@H]3[C@H](OC(=O)c4ccc(OC(=O)c5ccc(OC(=O)OCCOC(=O)C=C)cc5)cc4)CO[C@@H]23)cc1. The summed E-state index contributed by atoms with van der Waals surface area (Å²) >= 11 is 0. The quantitative estimate of drug-likeness (QED) is 0.0472. The highest BCUT2D eigenvalue weighted by Crippen LogP contribution is 2.31.